The molecule has 0 unspecified atom stereocenters. The molecule has 29 heavy (non-hydrogen) atoms. The third-order valence-electron chi connectivity index (χ3n) is 4.44. The molecule has 2 aromatic carbocycles. The van der Waals surface area contributed by atoms with E-state index in [2.05, 4.69) is 9.46 Å². The number of ether oxygens (including phenoxy) is 2. The van der Waals surface area contributed by atoms with Gasteiger partial charge in [-0.1, -0.05) is 0 Å². The van der Waals surface area contributed by atoms with Gasteiger partial charge in [-0.25, -0.2) is 17.6 Å². The number of sulfonamides is 1. The fraction of sp³-hybridized carbons (Fsp3) is 0.263. The molecule has 1 amide bonds. The minimum absolute atomic E-state index is 0.0432. The Morgan fingerprint density at radius 3 is 2.55 bits per heavy atom. The van der Waals surface area contributed by atoms with Crippen LogP contribution in [0.1, 0.15) is 23.2 Å². The number of hydrogen-bond acceptors (Lipinski definition) is 6. The zero-order chi connectivity index (χ0) is 21.2. The van der Waals surface area contributed by atoms with Crippen LogP contribution in [0.2, 0.25) is 0 Å². The lowest BCUT2D eigenvalue weighted by atomic mass is 10.2. The normalized spacial score (nSPS) is 14.0. The van der Waals surface area contributed by atoms with Gasteiger partial charge in [-0.05, 0) is 36.8 Å². The molecule has 0 saturated carbocycles. The second-order valence-electron chi connectivity index (χ2n) is 6.28. The molecule has 1 fully saturated rings. The first-order chi connectivity index (χ1) is 13.8. The number of nitrogens with zero attached hydrogens (tertiary/aromatic N) is 1. The SMILES string of the molecule is COC(=O)c1ccc(F)c(S(=O)(=O)Nc2ccc(N3CCCC3=O)c(OC)c2)c1. The minimum Gasteiger partial charge on any atom is -0.494 e. The van der Waals surface area contributed by atoms with Crippen molar-refractivity contribution in [1.82, 2.24) is 0 Å². The fourth-order valence-electron chi connectivity index (χ4n) is 3.03. The Morgan fingerprint density at radius 1 is 1.17 bits per heavy atom. The lowest BCUT2D eigenvalue weighted by Crippen LogP contribution is -2.24. The summed E-state index contributed by atoms with van der Waals surface area (Å²) in [4.78, 5) is 24.5. The van der Waals surface area contributed by atoms with Crippen molar-refractivity contribution in [3.05, 3.63) is 47.8 Å². The summed E-state index contributed by atoms with van der Waals surface area (Å²) in [6.45, 7) is 0.547. The topological polar surface area (TPSA) is 102 Å². The number of carbonyl (C=O) groups excluding carboxylic acids is 2. The van der Waals surface area contributed by atoms with Crippen LogP contribution in [0.25, 0.3) is 0 Å². The standard InChI is InChI=1S/C19H19FN2O6S/c1-27-16-11-13(6-8-15(16)22-9-3-4-18(22)23)21-29(25,26)17-10-12(19(24)28-2)5-7-14(17)20/h5-8,10-11,21H,3-4,9H2,1-2H3. The Hall–Kier alpha value is -3.14. The molecule has 8 nitrogen and oxygen atoms in total. The van der Waals surface area contributed by atoms with Crippen molar-refractivity contribution in [1.29, 1.82) is 0 Å². The molecule has 0 bridgehead atoms. The Balaban J connectivity index is 1.93. The van der Waals surface area contributed by atoms with E-state index in [1.165, 1.54) is 19.2 Å². The number of anilines is 2. The van der Waals surface area contributed by atoms with Gasteiger partial charge in [0, 0.05) is 19.0 Å². The van der Waals surface area contributed by atoms with Gasteiger partial charge in [0.15, 0.2) is 0 Å². The van der Waals surface area contributed by atoms with Crippen LogP contribution < -0.4 is 14.4 Å². The lowest BCUT2D eigenvalue weighted by Gasteiger charge is -2.20. The first-order valence-corrected chi connectivity index (χ1v) is 10.1. The fourth-order valence-corrected chi connectivity index (χ4v) is 4.19. The van der Waals surface area contributed by atoms with E-state index in [9.17, 15) is 22.4 Å². The third kappa shape index (κ3) is 4.16. The van der Waals surface area contributed by atoms with Crippen molar-refractivity contribution in [2.75, 3.05) is 30.4 Å². The first-order valence-electron chi connectivity index (χ1n) is 8.66. The first kappa shape index (κ1) is 20.6. The Labute approximate surface area is 167 Å². The maximum Gasteiger partial charge on any atom is 0.337 e. The van der Waals surface area contributed by atoms with E-state index < -0.39 is 26.7 Å². The summed E-state index contributed by atoms with van der Waals surface area (Å²) in [5.74, 6) is -1.55. The number of benzene rings is 2. The molecule has 1 aliphatic rings. The quantitative estimate of drug-likeness (QED) is 0.718. The minimum atomic E-state index is -4.34. The molecule has 1 N–H and O–H groups in total. The molecular weight excluding hydrogens is 403 g/mol. The molecule has 2 aromatic rings. The van der Waals surface area contributed by atoms with Crippen molar-refractivity contribution in [2.24, 2.45) is 0 Å². The van der Waals surface area contributed by atoms with Crippen LogP contribution in [0.5, 0.6) is 5.75 Å². The maximum atomic E-state index is 14.2. The summed E-state index contributed by atoms with van der Waals surface area (Å²) in [7, 11) is -1.81. The van der Waals surface area contributed by atoms with Crippen LogP contribution in [0.3, 0.4) is 0 Å². The number of halogens is 1. The number of nitrogens with one attached hydrogen (secondary N) is 1. The van der Waals surface area contributed by atoms with Crippen LogP contribution in [-0.4, -0.2) is 41.1 Å². The summed E-state index contributed by atoms with van der Waals surface area (Å²) < 4.78 is 51.6. The van der Waals surface area contributed by atoms with Crippen molar-refractivity contribution >= 4 is 33.3 Å². The Morgan fingerprint density at radius 2 is 1.93 bits per heavy atom. The summed E-state index contributed by atoms with van der Waals surface area (Å²) in [6, 6.07) is 7.32. The monoisotopic (exact) mass is 422 g/mol. The van der Waals surface area contributed by atoms with Gasteiger partial charge in [0.1, 0.15) is 16.5 Å². The van der Waals surface area contributed by atoms with Gasteiger partial charge in [-0.3, -0.25) is 9.52 Å². The van der Waals surface area contributed by atoms with Crippen LogP contribution >= 0.6 is 0 Å². The Kier molecular flexibility index (Phi) is 5.73. The Bertz CT molecular complexity index is 1070. The number of methoxy groups -OCH3 is 2. The molecule has 1 aliphatic heterocycles. The predicted octanol–water partition coefficient (Wildman–Crippen LogP) is 2.55. The number of carbonyl (C=O) groups is 2. The molecule has 3 rings (SSSR count). The highest BCUT2D eigenvalue weighted by Crippen LogP contribution is 2.34. The summed E-state index contributed by atoms with van der Waals surface area (Å²) in [6.07, 6.45) is 1.17. The number of rotatable bonds is 6. The van der Waals surface area contributed by atoms with Gasteiger partial charge in [0.25, 0.3) is 10.0 Å². The number of esters is 1. The van der Waals surface area contributed by atoms with Crippen LogP contribution in [0.15, 0.2) is 41.3 Å². The molecule has 1 saturated heterocycles. The van der Waals surface area contributed by atoms with Gasteiger partial charge in [0.2, 0.25) is 5.91 Å². The van der Waals surface area contributed by atoms with Crippen LogP contribution in [-0.2, 0) is 19.6 Å². The van der Waals surface area contributed by atoms with E-state index in [1.807, 2.05) is 0 Å². The van der Waals surface area contributed by atoms with Gasteiger partial charge in [-0.15, -0.1) is 0 Å². The molecule has 0 radical (unpaired) electrons. The predicted molar refractivity (Wildman–Crippen MR) is 103 cm³/mol. The highest BCUT2D eigenvalue weighted by Gasteiger charge is 2.26. The highest BCUT2D eigenvalue weighted by atomic mass is 32.2. The van der Waals surface area contributed by atoms with Crippen LogP contribution in [0.4, 0.5) is 15.8 Å². The van der Waals surface area contributed by atoms with E-state index in [4.69, 9.17) is 4.74 Å². The molecule has 1 heterocycles. The summed E-state index contributed by atoms with van der Waals surface area (Å²) in [5.41, 5.74) is 0.534. The second kappa shape index (κ2) is 8.08. The molecular formula is C19H19FN2O6S. The van der Waals surface area contributed by atoms with Gasteiger partial charge in [-0.2, -0.15) is 0 Å². The average molecular weight is 422 g/mol. The molecule has 154 valence electrons. The zero-order valence-electron chi connectivity index (χ0n) is 15.8. The molecule has 0 atom stereocenters. The largest absolute Gasteiger partial charge is 0.494 e. The van der Waals surface area contributed by atoms with E-state index >= 15 is 0 Å². The summed E-state index contributed by atoms with van der Waals surface area (Å²) in [5, 5.41) is 0. The zero-order valence-corrected chi connectivity index (χ0v) is 16.6. The van der Waals surface area contributed by atoms with Gasteiger partial charge < -0.3 is 14.4 Å². The van der Waals surface area contributed by atoms with E-state index in [-0.39, 0.29) is 17.2 Å². The van der Waals surface area contributed by atoms with Gasteiger partial charge >= 0.3 is 5.97 Å². The molecule has 0 spiro atoms. The smallest absolute Gasteiger partial charge is 0.337 e. The third-order valence-corrected chi connectivity index (χ3v) is 5.83. The van der Waals surface area contributed by atoms with Crippen molar-refractivity contribution in [3.8, 4) is 5.75 Å². The van der Waals surface area contributed by atoms with Gasteiger partial charge in [0.05, 0.1) is 31.2 Å². The average Bonchev–Trinajstić information content (AvgIpc) is 3.12. The maximum absolute atomic E-state index is 14.2. The van der Waals surface area contributed by atoms with E-state index in [0.717, 1.165) is 31.7 Å². The number of amides is 1. The molecule has 10 heteroatoms. The molecule has 0 aliphatic carbocycles. The number of hydrogen-bond donors (Lipinski definition) is 1. The van der Waals surface area contributed by atoms with E-state index in [1.54, 1.807) is 11.0 Å². The second-order valence-corrected chi connectivity index (χ2v) is 7.93. The van der Waals surface area contributed by atoms with Crippen molar-refractivity contribution in [2.45, 2.75) is 17.7 Å². The van der Waals surface area contributed by atoms with Crippen molar-refractivity contribution in [3.63, 3.8) is 0 Å². The van der Waals surface area contributed by atoms with E-state index in [0.29, 0.717) is 24.4 Å². The van der Waals surface area contributed by atoms with Crippen LogP contribution in [0, 0.1) is 5.82 Å². The lowest BCUT2D eigenvalue weighted by molar-refractivity contribution is -0.117. The highest BCUT2D eigenvalue weighted by molar-refractivity contribution is 7.92. The van der Waals surface area contributed by atoms with Crippen molar-refractivity contribution < 1.29 is 31.9 Å². The molecule has 0 aromatic heterocycles. The summed E-state index contributed by atoms with van der Waals surface area (Å²) >= 11 is 0.